The molecule has 0 spiro atoms. The Morgan fingerprint density at radius 3 is 2.68 bits per heavy atom. The summed E-state index contributed by atoms with van der Waals surface area (Å²) in [7, 11) is 3.68. The molecule has 1 rings (SSSR count). The lowest BCUT2D eigenvalue weighted by Crippen LogP contribution is -2.38. The second kappa shape index (κ2) is 7.36. The van der Waals surface area contributed by atoms with Crippen LogP contribution in [0.3, 0.4) is 0 Å². The molecule has 1 fully saturated rings. The van der Waals surface area contributed by atoms with Gasteiger partial charge in [0.1, 0.15) is 12.4 Å². The van der Waals surface area contributed by atoms with Crippen LogP contribution in [-0.4, -0.2) is 37.5 Å². The highest BCUT2D eigenvalue weighted by atomic mass is 16.6. The molecule has 1 amide bonds. The Kier molecular flexibility index (Phi) is 6.12. The summed E-state index contributed by atoms with van der Waals surface area (Å²) in [6.45, 7) is 6.60. The number of ether oxygens (including phenoxy) is 1. The topological polar surface area (TPSA) is 53.9 Å². The molecule has 0 aliphatic heterocycles. The van der Waals surface area contributed by atoms with Gasteiger partial charge in [-0.15, -0.1) is 0 Å². The molecule has 0 aromatic rings. The third-order valence-corrected chi connectivity index (χ3v) is 3.66. The van der Waals surface area contributed by atoms with Gasteiger partial charge in [-0.25, -0.2) is 10.2 Å². The maximum absolute atomic E-state index is 11.7. The first kappa shape index (κ1) is 15.8. The van der Waals surface area contributed by atoms with Crippen LogP contribution in [0.4, 0.5) is 4.79 Å². The SMILES string of the molecule is CC(C)[C@H]1CC[C@H](C)C[C@H]1OC(=O)N/N=C\N(C)C. The van der Waals surface area contributed by atoms with Gasteiger partial charge in [-0.3, -0.25) is 0 Å². The summed E-state index contributed by atoms with van der Waals surface area (Å²) in [5.41, 5.74) is 2.40. The van der Waals surface area contributed by atoms with Crippen LogP contribution in [0, 0.1) is 17.8 Å². The van der Waals surface area contributed by atoms with Gasteiger partial charge in [0.2, 0.25) is 0 Å². The first-order valence-electron chi connectivity index (χ1n) is 7.06. The highest BCUT2D eigenvalue weighted by molar-refractivity contribution is 5.68. The van der Waals surface area contributed by atoms with Crippen molar-refractivity contribution < 1.29 is 9.53 Å². The summed E-state index contributed by atoms with van der Waals surface area (Å²) < 4.78 is 5.54. The monoisotopic (exact) mass is 269 g/mol. The van der Waals surface area contributed by atoms with Gasteiger partial charge in [0.15, 0.2) is 0 Å². The van der Waals surface area contributed by atoms with Gasteiger partial charge in [-0.2, -0.15) is 5.10 Å². The van der Waals surface area contributed by atoms with Crippen molar-refractivity contribution in [3.63, 3.8) is 0 Å². The molecule has 1 aliphatic carbocycles. The summed E-state index contributed by atoms with van der Waals surface area (Å²) in [5.74, 6) is 1.62. The zero-order valence-electron chi connectivity index (χ0n) is 12.7. The normalized spacial score (nSPS) is 27.6. The minimum absolute atomic E-state index is 0.0123. The molecule has 5 heteroatoms. The van der Waals surface area contributed by atoms with Gasteiger partial charge in [0.25, 0.3) is 0 Å². The molecule has 0 aromatic heterocycles. The second-order valence-electron chi connectivity index (χ2n) is 6.09. The van der Waals surface area contributed by atoms with Crippen molar-refractivity contribution in [2.45, 2.75) is 46.1 Å². The molecule has 5 nitrogen and oxygen atoms in total. The quantitative estimate of drug-likeness (QED) is 0.485. The van der Waals surface area contributed by atoms with Crippen molar-refractivity contribution in [3.05, 3.63) is 0 Å². The summed E-state index contributed by atoms with van der Waals surface area (Å²) in [6.07, 6.45) is 4.40. The Labute approximate surface area is 116 Å². The average molecular weight is 269 g/mol. The number of rotatable bonds is 4. The van der Waals surface area contributed by atoms with Crippen molar-refractivity contribution in [3.8, 4) is 0 Å². The highest BCUT2D eigenvalue weighted by Gasteiger charge is 2.33. The predicted molar refractivity (Wildman–Crippen MR) is 76.9 cm³/mol. The van der Waals surface area contributed by atoms with Crippen LogP contribution in [0.15, 0.2) is 5.10 Å². The number of nitrogens with one attached hydrogen (secondary N) is 1. The third kappa shape index (κ3) is 5.49. The molecule has 0 aromatic carbocycles. The lowest BCUT2D eigenvalue weighted by atomic mass is 9.75. The summed E-state index contributed by atoms with van der Waals surface area (Å²) >= 11 is 0. The third-order valence-electron chi connectivity index (χ3n) is 3.66. The van der Waals surface area contributed by atoms with Crippen molar-refractivity contribution in [2.24, 2.45) is 22.9 Å². The number of amides is 1. The minimum Gasteiger partial charge on any atom is -0.445 e. The highest BCUT2D eigenvalue weighted by Crippen LogP contribution is 2.35. The van der Waals surface area contributed by atoms with Crippen LogP contribution in [0.5, 0.6) is 0 Å². The second-order valence-corrected chi connectivity index (χ2v) is 6.09. The van der Waals surface area contributed by atoms with E-state index in [1.807, 2.05) is 14.1 Å². The van der Waals surface area contributed by atoms with Gasteiger partial charge in [-0.1, -0.05) is 27.2 Å². The number of hydrogen-bond acceptors (Lipinski definition) is 3. The van der Waals surface area contributed by atoms with E-state index in [-0.39, 0.29) is 6.10 Å². The van der Waals surface area contributed by atoms with Gasteiger partial charge >= 0.3 is 6.09 Å². The summed E-state index contributed by atoms with van der Waals surface area (Å²) in [6, 6.07) is 0. The molecule has 0 unspecified atom stereocenters. The summed E-state index contributed by atoms with van der Waals surface area (Å²) in [4.78, 5) is 13.5. The molecule has 110 valence electrons. The van der Waals surface area contributed by atoms with Crippen LogP contribution in [0.1, 0.15) is 40.0 Å². The van der Waals surface area contributed by atoms with Crippen LogP contribution >= 0.6 is 0 Å². The molecule has 3 atom stereocenters. The lowest BCUT2D eigenvalue weighted by molar-refractivity contribution is 0.00632. The fourth-order valence-electron chi connectivity index (χ4n) is 2.61. The van der Waals surface area contributed by atoms with E-state index in [9.17, 15) is 4.79 Å². The van der Waals surface area contributed by atoms with Gasteiger partial charge in [-0.05, 0) is 30.6 Å². The molecular weight excluding hydrogens is 242 g/mol. The zero-order valence-corrected chi connectivity index (χ0v) is 12.7. The Bertz CT molecular complexity index is 316. The molecule has 0 bridgehead atoms. The van der Waals surface area contributed by atoms with E-state index >= 15 is 0 Å². The standard InChI is InChI=1S/C14H27N3O2/c1-10(2)12-7-6-11(3)8-13(12)19-14(18)16-15-9-17(4)5/h9-13H,6-8H2,1-5H3,(H,16,18)/b15-9-/t11-,12+,13+/m0/s1. The fraction of sp³-hybridized carbons (Fsp3) is 0.857. The van der Waals surface area contributed by atoms with E-state index in [2.05, 4.69) is 31.3 Å². The van der Waals surface area contributed by atoms with Crippen LogP contribution in [-0.2, 0) is 4.74 Å². The number of hydrogen-bond donors (Lipinski definition) is 1. The molecule has 0 radical (unpaired) electrons. The van der Waals surface area contributed by atoms with E-state index in [4.69, 9.17) is 4.74 Å². The van der Waals surface area contributed by atoms with Gasteiger partial charge in [0.05, 0.1) is 0 Å². The van der Waals surface area contributed by atoms with Gasteiger partial charge < -0.3 is 9.64 Å². The van der Waals surface area contributed by atoms with E-state index in [1.54, 1.807) is 4.90 Å². The predicted octanol–water partition coefficient (Wildman–Crippen LogP) is 2.68. The van der Waals surface area contributed by atoms with Crippen molar-refractivity contribution in [2.75, 3.05) is 14.1 Å². The smallest absolute Gasteiger partial charge is 0.428 e. The van der Waals surface area contributed by atoms with E-state index in [0.717, 1.165) is 12.8 Å². The molecule has 1 N–H and O–H groups in total. The minimum atomic E-state index is -0.456. The van der Waals surface area contributed by atoms with Crippen molar-refractivity contribution >= 4 is 12.4 Å². The van der Waals surface area contributed by atoms with Crippen molar-refractivity contribution in [1.29, 1.82) is 0 Å². The average Bonchev–Trinajstić information content (AvgIpc) is 2.27. The molecule has 0 saturated heterocycles. The Hall–Kier alpha value is -1.26. The first-order valence-corrected chi connectivity index (χ1v) is 7.06. The first-order chi connectivity index (χ1) is 8.90. The summed E-state index contributed by atoms with van der Waals surface area (Å²) in [5, 5.41) is 3.80. The number of hydrazone groups is 1. The van der Waals surface area contributed by atoms with Crippen LogP contribution in [0.25, 0.3) is 0 Å². The maximum Gasteiger partial charge on any atom is 0.428 e. The Morgan fingerprint density at radius 1 is 1.42 bits per heavy atom. The lowest BCUT2D eigenvalue weighted by Gasteiger charge is -2.36. The fourth-order valence-corrected chi connectivity index (χ4v) is 2.61. The molecule has 0 heterocycles. The molecule has 1 saturated carbocycles. The van der Waals surface area contributed by atoms with E-state index in [1.165, 1.54) is 12.8 Å². The van der Waals surface area contributed by atoms with Crippen LogP contribution < -0.4 is 5.43 Å². The number of nitrogens with zero attached hydrogens (tertiary/aromatic N) is 2. The molecule has 19 heavy (non-hydrogen) atoms. The largest absolute Gasteiger partial charge is 0.445 e. The number of carbonyl (C=O) groups is 1. The Balaban J connectivity index is 2.49. The van der Waals surface area contributed by atoms with Gasteiger partial charge in [0, 0.05) is 14.1 Å². The maximum atomic E-state index is 11.7. The molecular formula is C14H27N3O2. The van der Waals surface area contributed by atoms with Crippen LogP contribution in [0.2, 0.25) is 0 Å². The van der Waals surface area contributed by atoms with Crippen molar-refractivity contribution in [1.82, 2.24) is 10.3 Å². The van der Waals surface area contributed by atoms with E-state index in [0.29, 0.717) is 17.8 Å². The Morgan fingerprint density at radius 2 is 2.11 bits per heavy atom. The zero-order chi connectivity index (χ0) is 14.4. The number of carbonyl (C=O) groups excluding carboxylic acids is 1. The van der Waals surface area contributed by atoms with E-state index < -0.39 is 6.09 Å². The molecule has 1 aliphatic rings.